The third-order valence-electron chi connectivity index (χ3n) is 1.54. The molecular formula is C4H4F8Ge. The molecule has 0 aliphatic heterocycles. The molecule has 0 N–H and O–H groups in total. The maximum atomic E-state index is 11.8. The molecule has 0 aliphatic carbocycles. The van der Waals surface area contributed by atoms with Gasteiger partial charge < -0.3 is 0 Å². The molecule has 0 aromatic heterocycles. The molecule has 0 aromatic carbocycles. The normalized spacial score (nSPS) is 14.8. The molecule has 0 spiro atoms. The van der Waals surface area contributed by atoms with E-state index in [0.717, 1.165) is 0 Å². The number of hydrogen-bond donors (Lipinski definition) is 0. The van der Waals surface area contributed by atoms with Crippen molar-refractivity contribution >= 4 is 13.3 Å². The third-order valence-corrected chi connectivity index (χ3v) is 8.01. The first-order valence-electron chi connectivity index (χ1n) is 2.88. The predicted octanol–water partition coefficient (Wildman–Crippen LogP) is 2.66. The first kappa shape index (κ1) is 13.0. The second-order valence-electron chi connectivity index (χ2n) is 2.34. The zero-order valence-corrected chi connectivity index (χ0v) is 8.04. The summed E-state index contributed by atoms with van der Waals surface area (Å²) in [5, 5.41) is -11.6. The van der Waals surface area contributed by atoms with Crippen molar-refractivity contribution in [2.75, 3.05) is 11.0 Å². The number of alkyl halides is 8. The summed E-state index contributed by atoms with van der Waals surface area (Å²) in [7, 11) is 0. The van der Waals surface area contributed by atoms with E-state index < -0.39 is 34.3 Å². The fraction of sp³-hybridized carbons (Fsp3) is 1.00. The van der Waals surface area contributed by atoms with Gasteiger partial charge in [-0.15, -0.1) is 0 Å². The van der Waals surface area contributed by atoms with Crippen LogP contribution in [-0.2, 0) is 0 Å². The molecule has 0 atom stereocenters. The molecule has 0 bridgehead atoms. The van der Waals surface area contributed by atoms with Gasteiger partial charge in [-0.2, -0.15) is 0 Å². The van der Waals surface area contributed by atoms with Gasteiger partial charge in [0.15, 0.2) is 0 Å². The van der Waals surface area contributed by atoms with Crippen molar-refractivity contribution in [1.29, 1.82) is 0 Å². The summed E-state index contributed by atoms with van der Waals surface area (Å²) in [5.74, 6) is 0. The number of halogens is 8. The zero-order valence-electron chi connectivity index (χ0n) is 5.94. The molecule has 0 heterocycles. The molecule has 13 heavy (non-hydrogen) atoms. The Kier molecular flexibility index (Phi) is 3.61. The van der Waals surface area contributed by atoms with Crippen LogP contribution in [0.15, 0.2) is 0 Å². The standard InChI is InChI=1S/C4H4F8Ge/c5-1-13(2-6,3(7,8)9)4(10,11)12/h1-2H2. The second-order valence-corrected chi connectivity index (χ2v) is 10.4. The number of rotatable bonds is 2. The first-order chi connectivity index (χ1) is 5.62. The Labute approximate surface area is 70.3 Å². The van der Waals surface area contributed by atoms with Crippen LogP contribution in [0.5, 0.6) is 0 Å². The molecule has 0 aromatic rings. The van der Waals surface area contributed by atoms with Crippen molar-refractivity contribution in [3.05, 3.63) is 0 Å². The molecule has 0 rings (SSSR count). The van der Waals surface area contributed by atoms with Crippen molar-refractivity contribution in [3.8, 4) is 0 Å². The first-order valence-corrected chi connectivity index (χ1v) is 7.94. The summed E-state index contributed by atoms with van der Waals surface area (Å²) in [6, 6.07) is 0. The van der Waals surface area contributed by atoms with Gasteiger partial charge in [0, 0.05) is 0 Å². The topological polar surface area (TPSA) is 0 Å². The van der Waals surface area contributed by atoms with Crippen molar-refractivity contribution < 1.29 is 35.1 Å². The Bertz CT molecular complexity index is 148. The molecule has 9 heteroatoms. The van der Waals surface area contributed by atoms with Crippen LogP contribution < -0.4 is 0 Å². The molecule has 0 fully saturated rings. The van der Waals surface area contributed by atoms with Gasteiger partial charge in [-0.1, -0.05) is 0 Å². The Morgan fingerprint density at radius 1 is 0.692 bits per heavy atom. The SMILES string of the molecule is F[CH2][Ge]([CH2]F)([C](F)(F)F)[C](F)(F)F. The summed E-state index contributed by atoms with van der Waals surface area (Å²) in [6.45, 7) is 0. The van der Waals surface area contributed by atoms with Gasteiger partial charge in [0.2, 0.25) is 0 Å². The van der Waals surface area contributed by atoms with Crippen molar-refractivity contribution in [2.45, 2.75) is 10.0 Å². The molecule has 0 saturated carbocycles. The molecular weight excluding hydrogens is 273 g/mol. The van der Waals surface area contributed by atoms with Gasteiger partial charge in [0.25, 0.3) is 0 Å². The fourth-order valence-electron chi connectivity index (χ4n) is 0.499. The Hall–Kier alpha value is -0.0171. The monoisotopic (exact) mass is 278 g/mol. The van der Waals surface area contributed by atoms with Gasteiger partial charge in [-0.3, -0.25) is 0 Å². The average Bonchev–Trinajstić information content (AvgIpc) is 1.84. The van der Waals surface area contributed by atoms with Crippen LogP contribution in [0.4, 0.5) is 35.1 Å². The van der Waals surface area contributed by atoms with Gasteiger partial charge in [0.1, 0.15) is 0 Å². The van der Waals surface area contributed by atoms with Crippen molar-refractivity contribution in [3.63, 3.8) is 0 Å². The van der Waals surface area contributed by atoms with Crippen LogP contribution in [0, 0.1) is 0 Å². The third kappa shape index (κ3) is 2.08. The van der Waals surface area contributed by atoms with E-state index in [1.54, 1.807) is 0 Å². The molecule has 80 valence electrons. The van der Waals surface area contributed by atoms with E-state index >= 15 is 0 Å². The Morgan fingerprint density at radius 2 is 0.923 bits per heavy atom. The molecule has 0 unspecified atom stereocenters. The van der Waals surface area contributed by atoms with E-state index in [2.05, 4.69) is 0 Å². The average molecular weight is 277 g/mol. The summed E-state index contributed by atoms with van der Waals surface area (Å²) in [5.41, 5.74) is -5.33. The minimum atomic E-state index is -7.04. The Balaban J connectivity index is 5.17. The summed E-state index contributed by atoms with van der Waals surface area (Å²) in [6.07, 6.45) is 0. The van der Waals surface area contributed by atoms with Crippen LogP contribution in [0.3, 0.4) is 0 Å². The summed E-state index contributed by atoms with van der Waals surface area (Å²) >= 11 is -7.04. The molecule has 0 saturated heterocycles. The molecule has 0 amide bonds. The summed E-state index contributed by atoms with van der Waals surface area (Å²) < 4.78 is 93.9. The molecule has 0 aliphatic rings. The van der Waals surface area contributed by atoms with Crippen LogP contribution in [0.1, 0.15) is 0 Å². The van der Waals surface area contributed by atoms with Gasteiger partial charge in [-0.25, -0.2) is 0 Å². The van der Waals surface area contributed by atoms with Gasteiger partial charge >= 0.3 is 69.4 Å². The fourth-order valence-corrected chi connectivity index (χ4v) is 2.60. The van der Waals surface area contributed by atoms with E-state index in [9.17, 15) is 35.1 Å². The van der Waals surface area contributed by atoms with Crippen molar-refractivity contribution in [2.24, 2.45) is 0 Å². The summed E-state index contributed by atoms with van der Waals surface area (Å²) in [4.78, 5) is 0. The van der Waals surface area contributed by atoms with Crippen LogP contribution in [-0.4, -0.2) is 34.3 Å². The molecule has 0 radical (unpaired) electrons. The zero-order chi connectivity index (χ0) is 10.9. The minimum absolute atomic E-state index is 2.66. The van der Waals surface area contributed by atoms with E-state index in [-0.39, 0.29) is 0 Å². The number of hydrogen-bond acceptors (Lipinski definition) is 0. The van der Waals surface area contributed by atoms with Gasteiger partial charge in [0.05, 0.1) is 0 Å². The van der Waals surface area contributed by atoms with Crippen LogP contribution in [0.2, 0.25) is 0 Å². The van der Waals surface area contributed by atoms with E-state index in [1.165, 1.54) is 0 Å². The second kappa shape index (κ2) is 3.62. The predicted molar refractivity (Wildman–Crippen MR) is 29.8 cm³/mol. The van der Waals surface area contributed by atoms with E-state index in [0.29, 0.717) is 0 Å². The van der Waals surface area contributed by atoms with Crippen molar-refractivity contribution in [1.82, 2.24) is 0 Å². The van der Waals surface area contributed by atoms with Crippen LogP contribution in [0.25, 0.3) is 0 Å². The quantitative estimate of drug-likeness (QED) is 0.537. The van der Waals surface area contributed by atoms with E-state index in [4.69, 9.17) is 0 Å². The van der Waals surface area contributed by atoms with E-state index in [1.807, 2.05) is 0 Å². The Morgan fingerprint density at radius 3 is 0.923 bits per heavy atom. The van der Waals surface area contributed by atoms with Gasteiger partial charge in [-0.05, 0) is 0 Å². The van der Waals surface area contributed by atoms with Crippen LogP contribution >= 0.6 is 0 Å². The molecule has 0 nitrogen and oxygen atoms in total. The maximum absolute atomic E-state index is 11.8.